The van der Waals surface area contributed by atoms with Gasteiger partial charge < -0.3 is 5.32 Å². The third kappa shape index (κ3) is 5.35. The van der Waals surface area contributed by atoms with Gasteiger partial charge >= 0.3 is 0 Å². The summed E-state index contributed by atoms with van der Waals surface area (Å²) < 4.78 is 0. The second-order valence-electron chi connectivity index (χ2n) is 8.10. The van der Waals surface area contributed by atoms with E-state index in [2.05, 4.69) is 31.6 Å². The summed E-state index contributed by atoms with van der Waals surface area (Å²) in [5.74, 6) is -0.218. The molecule has 2 aromatic carbocycles. The Labute approximate surface area is 214 Å². The maximum Gasteiger partial charge on any atom is 0.251 e. The summed E-state index contributed by atoms with van der Waals surface area (Å²) in [6, 6.07) is 16.9. The highest BCUT2D eigenvalue weighted by Crippen LogP contribution is 2.22. The molecular weight excluding hydrogens is 472 g/mol. The summed E-state index contributed by atoms with van der Waals surface area (Å²) in [5, 5.41) is 22.1. The summed E-state index contributed by atoms with van der Waals surface area (Å²) in [4.78, 5) is 21.6. The first kappa shape index (κ1) is 24.8. The van der Waals surface area contributed by atoms with Crippen molar-refractivity contribution >= 4 is 39.3 Å². The van der Waals surface area contributed by atoms with Crippen LogP contribution in [-0.2, 0) is 13.0 Å². The van der Waals surface area contributed by atoms with Crippen LogP contribution in [0.3, 0.4) is 0 Å². The average Bonchev–Trinajstić information content (AvgIpc) is 3.29. The van der Waals surface area contributed by atoms with Crippen LogP contribution in [0.2, 0.25) is 5.02 Å². The molecule has 3 heterocycles. The van der Waals surface area contributed by atoms with Crippen molar-refractivity contribution in [1.29, 1.82) is 5.26 Å². The molecule has 2 N–H and O–H groups in total. The van der Waals surface area contributed by atoms with Crippen molar-refractivity contribution in [2.75, 3.05) is 0 Å². The van der Waals surface area contributed by atoms with Crippen LogP contribution in [0.1, 0.15) is 52.3 Å². The molecule has 180 valence electrons. The lowest BCUT2D eigenvalue weighted by atomic mass is 10.0. The Morgan fingerprint density at radius 1 is 1.11 bits per heavy atom. The minimum atomic E-state index is -0.218. The van der Waals surface area contributed by atoms with Crippen molar-refractivity contribution in [3.8, 4) is 6.07 Å². The molecule has 0 atom stereocenters. The molecule has 3 aromatic heterocycles. The molecule has 0 saturated carbocycles. The quantitative estimate of drug-likeness (QED) is 0.315. The van der Waals surface area contributed by atoms with Crippen LogP contribution in [0.5, 0.6) is 0 Å². The largest absolute Gasteiger partial charge is 0.346 e. The van der Waals surface area contributed by atoms with Crippen molar-refractivity contribution in [1.82, 2.24) is 25.5 Å². The van der Waals surface area contributed by atoms with Crippen molar-refractivity contribution in [3.63, 3.8) is 0 Å². The summed E-state index contributed by atoms with van der Waals surface area (Å²) in [6.45, 7) is 6.26. The standard InChI is InChI=1S/C26H19ClN6O.C2H6/c1-15-6-18-7-16(8-19(12-28)25(18)30-13-15)9-21-10-17(4-5-29-21)26(34)31-14-24-22-11-20(27)2-3-23(22)32-33-24;1-2/h2-8,10-11,13H,9,14H2,1H3,(H,31,34)(H,32,33);1-2H3. The van der Waals surface area contributed by atoms with Gasteiger partial charge in [0, 0.05) is 45.9 Å². The van der Waals surface area contributed by atoms with Crippen LogP contribution in [0.4, 0.5) is 0 Å². The monoisotopic (exact) mass is 496 g/mol. The number of aromatic amines is 1. The van der Waals surface area contributed by atoms with Gasteiger partial charge in [-0.1, -0.05) is 25.4 Å². The summed E-state index contributed by atoms with van der Waals surface area (Å²) in [6.07, 6.45) is 3.87. The van der Waals surface area contributed by atoms with Crippen LogP contribution in [0.25, 0.3) is 21.8 Å². The van der Waals surface area contributed by atoms with Crippen LogP contribution in [-0.4, -0.2) is 26.1 Å². The number of H-pyrrole nitrogens is 1. The Bertz CT molecular complexity index is 1600. The number of carbonyl (C=O) groups is 1. The molecule has 0 aliphatic rings. The molecule has 5 aromatic rings. The number of nitrogens with one attached hydrogen (secondary N) is 2. The fourth-order valence-electron chi connectivity index (χ4n) is 3.98. The number of nitriles is 1. The van der Waals surface area contributed by atoms with Crippen molar-refractivity contribution < 1.29 is 4.79 Å². The van der Waals surface area contributed by atoms with Crippen LogP contribution in [0.15, 0.2) is 60.9 Å². The third-order valence-corrected chi connectivity index (χ3v) is 5.82. The molecule has 0 bridgehead atoms. The number of aryl methyl sites for hydroxylation is 1. The van der Waals surface area contributed by atoms with Gasteiger partial charge in [0.2, 0.25) is 0 Å². The minimum Gasteiger partial charge on any atom is -0.346 e. The van der Waals surface area contributed by atoms with Gasteiger partial charge in [-0.2, -0.15) is 10.4 Å². The normalized spacial score (nSPS) is 10.5. The minimum absolute atomic E-state index is 0.218. The number of hydrogen-bond donors (Lipinski definition) is 2. The van der Waals surface area contributed by atoms with E-state index < -0.39 is 0 Å². The number of fused-ring (bicyclic) bond motifs is 2. The zero-order valence-electron chi connectivity index (χ0n) is 20.3. The number of pyridine rings is 2. The first-order valence-electron chi connectivity index (χ1n) is 11.6. The maximum atomic E-state index is 12.8. The SMILES string of the molecule is CC.Cc1cnc2c(C#N)cc(Cc3cc(C(=O)NCc4[nH]nc5ccc(Cl)cc45)ccn3)cc2c1. The zero-order chi connectivity index (χ0) is 25.7. The molecule has 1 amide bonds. The van der Waals surface area contributed by atoms with Crippen molar-refractivity contribution in [2.24, 2.45) is 0 Å². The van der Waals surface area contributed by atoms with E-state index in [4.69, 9.17) is 11.6 Å². The van der Waals surface area contributed by atoms with Crippen LogP contribution in [0, 0.1) is 18.3 Å². The smallest absolute Gasteiger partial charge is 0.251 e. The Kier molecular flexibility index (Phi) is 7.57. The van der Waals surface area contributed by atoms with E-state index in [1.165, 1.54) is 0 Å². The van der Waals surface area contributed by atoms with Gasteiger partial charge in [-0.15, -0.1) is 0 Å². The fraction of sp³-hybridized carbons (Fsp3) is 0.179. The zero-order valence-corrected chi connectivity index (χ0v) is 21.0. The lowest BCUT2D eigenvalue weighted by Gasteiger charge is -2.08. The maximum absolute atomic E-state index is 12.8. The van der Waals surface area contributed by atoms with E-state index in [0.29, 0.717) is 28.1 Å². The number of halogens is 1. The number of amides is 1. The highest BCUT2D eigenvalue weighted by Gasteiger charge is 2.12. The predicted molar refractivity (Wildman–Crippen MR) is 142 cm³/mol. The van der Waals surface area contributed by atoms with Gasteiger partial charge in [0.1, 0.15) is 6.07 Å². The van der Waals surface area contributed by atoms with Gasteiger partial charge in [-0.3, -0.25) is 19.9 Å². The second-order valence-corrected chi connectivity index (χ2v) is 8.53. The molecule has 0 unspecified atom stereocenters. The Morgan fingerprint density at radius 3 is 2.75 bits per heavy atom. The van der Waals surface area contributed by atoms with E-state index in [1.807, 2.05) is 51.1 Å². The number of rotatable bonds is 5. The molecule has 0 fully saturated rings. The molecule has 8 heteroatoms. The second kappa shape index (κ2) is 11.0. The summed E-state index contributed by atoms with van der Waals surface area (Å²) in [5.41, 5.74) is 5.97. The van der Waals surface area contributed by atoms with Gasteiger partial charge in [0.15, 0.2) is 0 Å². The van der Waals surface area contributed by atoms with Gasteiger partial charge in [-0.05, 0) is 66.6 Å². The van der Waals surface area contributed by atoms with E-state index >= 15 is 0 Å². The lowest BCUT2D eigenvalue weighted by molar-refractivity contribution is 0.0950. The highest BCUT2D eigenvalue weighted by atomic mass is 35.5. The predicted octanol–water partition coefficient (Wildman–Crippen LogP) is 5.89. The number of benzene rings is 2. The highest BCUT2D eigenvalue weighted by molar-refractivity contribution is 6.31. The molecule has 36 heavy (non-hydrogen) atoms. The first-order valence-corrected chi connectivity index (χ1v) is 12.0. The molecule has 0 saturated heterocycles. The van der Waals surface area contributed by atoms with E-state index in [0.717, 1.165) is 38.8 Å². The Hall–Kier alpha value is -4.28. The number of aromatic nitrogens is 4. The molecular formula is C28H25ClN6O. The first-order chi connectivity index (χ1) is 17.5. The number of hydrogen-bond acceptors (Lipinski definition) is 5. The number of carbonyl (C=O) groups excluding carboxylic acids is 1. The van der Waals surface area contributed by atoms with E-state index in [-0.39, 0.29) is 12.5 Å². The van der Waals surface area contributed by atoms with Gasteiger partial charge in [0.05, 0.1) is 28.8 Å². The van der Waals surface area contributed by atoms with Gasteiger partial charge in [0.25, 0.3) is 5.91 Å². The van der Waals surface area contributed by atoms with Crippen molar-refractivity contribution in [2.45, 2.75) is 33.7 Å². The molecule has 5 rings (SSSR count). The molecule has 0 spiro atoms. The number of nitrogens with zero attached hydrogens (tertiary/aromatic N) is 4. The van der Waals surface area contributed by atoms with Crippen LogP contribution < -0.4 is 5.32 Å². The molecule has 0 radical (unpaired) electrons. The van der Waals surface area contributed by atoms with Gasteiger partial charge in [-0.25, -0.2) is 0 Å². The fourth-order valence-corrected chi connectivity index (χ4v) is 4.15. The summed E-state index contributed by atoms with van der Waals surface area (Å²) >= 11 is 6.09. The summed E-state index contributed by atoms with van der Waals surface area (Å²) in [7, 11) is 0. The van der Waals surface area contributed by atoms with Crippen molar-refractivity contribution in [3.05, 3.63) is 99.6 Å². The lowest BCUT2D eigenvalue weighted by Crippen LogP contribution is -2.23. The topological polar surface area (TPSA) is 107 Å². The molecule has 0 aliphatic carbocycles. The molecule has 0 aliphatic heterocycles. The Morgan fingerprint density at radius 2 is 1.94 bits per heavy atom. The third-order valence-electron chi connectivity index (χ3n) is 5.58. The average molecular weight is 497 g/mol. The Balaban J connectivity index is 0.00000148. The van der Waals surface area contributed by atoms with E-state index in [1.54, 1.807) is 30.6 Å². The molecule has 7 nitrogen and oxygen atoms in total. The van der Waals surface area contributed by atoms with E-state index in [9.17, 15) is 10.1 Å². The van der Waals surface area contributed by atoms with Crippen LogP contribution >= 0.6 is 11.6 Å².